The van der Waals surface area contributed by atoms with Crippen molar-refractivity contribution in [2.24, 2.45) is 11.3 Å². The summed E-state index contributed by atoms with van der Waals surface area (Å²) in [7, 11) is 0. The van der Waals surface area contributed by atoms with Crippen LogP contribution in [-0.4, -0.2) is 80.1 Å². The standard InChI is InChI=1S/C14H30O4.3C3H4O2/c1-2-3-4-5-6-7-8-13(9-15)14(10-16,11-17)12-18;3*1-2-3(4)5/h13,15-18H,2-12H2,1H3;3*2H,1H2,(H,4,5). The monoisotopic (exact) mass is 478 g/mol. The van der Waals surface area contributed by atoms with Crippen LogP contribution in [0.1, 0.15) is 51.9 Å². The first-order chi connectivity index (χ1) is 15.5. The van der Waals surface area contributed by atoms with Crippen LogP contribution >= 0.6 is 0 Å². The van der Waals surface area contributed by atoms with Crippen LogP contribution in [0.3, 0.4) is 0 Å². The van der Waals surface area contributed by atoms with Crippen LogP contribution in [0.15, 0.2) is 38.0 Å². The van der Waals surface area contributed by atoms with E-state index in [0.29, 0.717) is 0 Å². The molecular formula is C23H42O10. The van der Waals surface area contributed by atoms with Crippen LogP contribution in [0, 0.1) is 11.3 Å². The first-order valence-electron chi connectivity index (χ1n) is 10.5. The third-order valence-corrected chi connectivity index (χ3v) is 4.46. The van der Waals surface area contributed by atoms with Crippen molar-refractivity contribution in [2.75, 3.05) is 26.4 Å². The van der Waals surface area contributed by atoms with Crippen molar-refractivity contribution in [3.05, 3.63) is 38.0 Å². The maximum atomic E-state index is 9.36. The third kappa shape index (κ3) is 27.4. The molecule has 0 amide bonds. The summed E-state index contributed by atoms with van der Waals surface area (Å²) in [6.45, 7) is 10.1. The van der Waals surface area contributed by atoms with Gasteiger partial charge in [0, 0.05) is 30.2 Å². The Morgan fingerprint density at radius 1 is 0.697 bits per heavy atom. The van der Waals surface area contributed by atoms with E-state index in [1.807, 2.05) is 0 Å². The van der Waals surface area contributed by atoms with Crippen molar-refractivity contribution < 1.29 is 50.1 Å². The summed E-state index contributed by atoms with van der Waals surface area (Å²) in [4.78, 5) is 27.8. The molecule has 0 rings (SSSR count). The van der Waals surface area contributed by atoms with Crippen molar-refractivity contribution in [2.45, 2.75) is 51.9 Å². The molecular weight excluding hydrogens is 436 g/mol. The zero-order chi connectivity index (χ0) is 26.7. The quantitative estimate of drug-likeness (QED) is 0.135. The minimum atomic E-state index is -0.981. The molecule has 194 valence electrons. The molecule has 7 N–H and O–H groups in total. The lowest BCUT2D eigenvalue weighted by molar-refractivity contribution is -0.132. The maximum absolute atomic E-state index is 9.36. The van der Waals surface area contributed by atoms with Crippen molar-refractivity contribution in [3.8, 4) is 0 Å². The van der Waals surface area contributed by atoms with E-state index in [9.17, 15) is 34.8 Å². The Morgan fingerprint density at radius 2 is 1.00 bits per heavy atom. The summed E-state index contributed by atoms with van der Waals surface area (Å²) < 4.78 is 0. The average Bonchev–Trinajstić information content (AvgIpc) is 2.82. The number of aliphatic hydroxyl groups excluding tert-OH is 4. The summed E-state index contributed by atoms with van der Waals surface area (Å²) in [5.74, 6) is -3.18. The first kappa shape index (κ1) is 37.8. The van der Waals surface area contributed by atoms with Gasteiger partial charge in [-0.2, -0.15) is 0 Å². The van der Waals surface area contributed by atoms with Gasteiger partial charge in [0.15, 0.2) is 0 Å². The van der Waals surface area contributed by atoms with Gasteiger partial charge in [0.2, 0.25) is 0 Å². The highest BCUT2D eigenvalue weighted by atomic mass is 16.4. The number of aliphatic carboxylic acids is 3. The number of hydrogen-bond acceptors (Lipinski definition) is 7. The van der Waals surface area contributed by atoms with Crippen LogP contribution in [0.5, 0.6) is 0 Å². The molecule has 0 aliphatic rings. The molecule has 0 saturated carbocycles. The van der Waals surface area contributed by atoms with Crippen molar-refractivity contribution in [1.82, 2.24) is 0 Å². The van der Waals surface area contributed by atoms with Crippen molar-refractivity contribution >= 4 is 17.9 Å². The topological polar surface area (TPSA) is 193 Å². The second kappa shape index (κ2) is 27.5. The second-order valence-electron chi connectivity index (χ2n) is 6.90. The number of carbonyl (C=O) groups is 3. The molecule has 10 nitrogen and oxygen atoms in total. The fourth-order valence-corrected chi connectivity index (χ4v) is 2.30. The van der Waals surface area contributed by atoms with Crippen LogP contribution in [0.25, 0.3) is 0 Å². The molecule has 1 unspecified atom stereocenters. The normalized spacial score (nSPS) is 10.5. The van der Waals surface area contributed by atoms with Gasteiger partial charge in [-0.05, 0) is 12.3 Å². The number of aliphatic hydroxyl groups is 4. The van der Waals surface area contributed by atoms with Gasteiger partial charge in [0.25, 0.3) is 0 Å². The molecule has 1 atom stereocenters. The maximum Gasteiger partial charge on any atom is 0.327 e. The van der Waals surface area contributed by atoms with Gasteiger partial charge >= 0.3 is 17.9 Å². The number of carboxylic acid groups (broad SMARTS) is 3. The van der Waals surface area contributed by atoms with Gasteiger partial charge in [-0.15, -0.1) is 0 Å². The van der Waals surface area contributed by atoms with E-state index >= 15 is 0 Å². The van der Waals surface area contributed by atoms with E-state index < -0.39 is 23.3 Å². The van der Waals surface area contributed by atoms with Gasteiger partial charge in [-0.25, -0.2) is 14.4 Å². The lowest BCUT2D eigenvalue weighted by atomic mass is 9.75. The molecule has 33 heavy (non-hydrogen) atoms. The van der Waals surface area contributed by atoms with E-state index in [-0.39, 0.29) is 32.3 Å². The highest BCUT2D eigenvalue weighted by molar-refractivity contribution is 5.79. The molecule has 0 radical (unpaired) electrons. The number of rotatable bonds is 15. The van der Waals surface area contributed by atoms with Gasteiger partial charge in [0.05, 0.1) is 19.8 Å². The Labute approximate surface area is 196 Å². The zero-order valence-corrected chi connectivity index (χ0v) is 19.6. The summed E-state index contributed by atoms with van der Waals surface area (Å²) in [6, 6.07) is 0. The van der Waals surface area contributed by atoms with E-state index in [0.717, 1.165) is 37.5 Å². The molecule has 0 saturated heterocycles. The van der Waals surface area contributed by atoms with Crippen molar-refractivity contribution in [1.29, 1.82) is 0 Å². The van der Waals surface area contributed by atoms with E-state index in [2.05, 4.69) is 26.7 Å². The molecule has 0 aliphatic heterocycles. The SMILES string of the molecule is C=CC(=O)O.C=CC(=O)O.C=CC(=O)O.CCCCCCCCC(CO)C(CO)(CO)CO. The average molecular weight is 479 g/mol. The minimum absolute atomic E-state index is 0.101. The summed E-state index contributed by atoms with van der Waals surface area (Å²) >= 11 is 0. The van der Waals surface area contributed by atoms with Crippen LogP contribution in [0.4, 0.5) is 0 Å². The Bertz CT molecular complexity index is 476. The highest BCUT2D eigenvalue weighted by Crippen LogP contribution is 2.30. The van der Waals surface area contributed by atoms with Gasteiger partial charge in [-0.1, -0.05) is 65.2 Å². The van der Waals surface area contributed by atoms with Gasteiger partial charge < -0.3 is 35.7 Å². The summed E-state index contributed by atoms with van der Waals surface area (Å²) in [5, 5.41) is 60.1. The number of carboxylic acids is 3. The summed E-state index contributed by atoms with van der Waals surface area (Å²) in [5.41, 5.74) is -0.946. The molecule has 0 aliphatic carbocycles. The first-order valence-corrected chi connectivity index (χ1v) is 10.5. The lowest BCUT2D eigenvalue weighted by Gasteiger charge is -2.35. The van der Waals surface area contributed by atoms with Gasteiger partial charge in [-0.3, -0.25) is 0 Å². The van der Waals surface area contributed by atoms with E-state index in [4.69, 9.17) is 15.3 Å². The fraction of sp³-hybridized carbons (Fsp3) is 0.609. The Hall–Kier alpha value is -2.53. The molecule has 0 aromatic carbocycles. The van der Waals surface area contributed by atoms with Crippen LogP contribution in [0.2, 0.25) is 0 Å². The predicted octanol–water partition coefficient (Wildman–Crippen LogP) is 2.08. The third-order valence-electron chi connectivity index (χ3n) is 4.46. The molecule has 0 heterocycles. The minimum Gasteiger partial charge on any atom is -0.478 e. The van der Waals surface area contributed by atoms with E-state index in [1.165, 1.54) is 25.7 Å². The van der Waals surface area contributed by atoms with Crippen molar-refractivity contribution in [3.63, 3.8) is 0 Å². The van der Waals surface area contributed by atoms with Gasteiger partial charge in [0.1, 0.15) is 0 Å². The molecule has 0 fully saturated rings. The lowest BCUT2D eigenvalue weighted by Crippen LogP contribution is -2.43. The van der Waals surface area contributed by atoms with E-state index in [1.54, 1.807) is 0 Å². The Kier molecular flexibility index (Phi) is 31.5. The Balaban J connectivity index is -0.000000226. The second-order valence-corrected chi connectivity index (χ2v) is 6.90. The molecule has 0 aromatic rings. The van der Waals surface area contributed by atoms with Crippen LogP contribution < -0.4 is 0 Å². The fourth-order valence-electron chi connectivity index (χ4n) is 2.30. The molecule has 0 aromatic heterocycles. The summed E-state index contributed by atoms with van der Waals surface area (Å²) in [6.07, 6.45) is 10.2. The smallest absolute Gasteiger partial charge is 0.327 e. The molecule has 0 bridgehead atoms. The highest BCUT2D eigenvalue weighted by Gasteiger charge is 2.36. The molecule has 0 spiro atoms. The number of unbranched alkanes of at least 4 members (excludes halogenated alkanes) is 5. The number of hydrogen-bond donors (Lipinski definition) is 7. The molecule has 10 heteroatoms. The largest absolute Gasteiger partial charge is 0.478 e. The zero-order valence-electron chi connectivity index (χ0n) is 19.6. The van der Waals surface area contributed by atoms with Crippen LogP contribution in [-0.2, 0) is 14.4 Å². The Morgan fingerprint density at radius 3 is 1.24 bits per heavy atom. The predicted molar refractivity (Wildman–Crippen MR) is 126 cm³/mol.